The molecule has 0 fully saturated rings. The first kappa shape index (κ1) is 19.7. The SMILES string of the molecule is CN=C(NCCC(=O)N(C)C)NCCN(C(C)C)C(C)C. The summed E-state index contributed by atoms with van der Waals surface area (Å²) in [4.78, 5) is 19.7. The molecule has 0 unspecified atom stereocenters. The van der Waals surface area contributed by atoms with Crippen molar-refractivity contribution in [1.29, 1.82) is 0 Å². The molecule has 0 aliphatic heterocycles. The number of carbonyl (C=O) groups excluding carboxylic acids is 1. The van der Waals surface area contributed by atoms with Crippen LogP contribution in [0.2, 0.25) is 0 Å². The first-order valence-electron chi connectivity index (χ1n) is 7.70. The second kappa shape index (κ2) is 10.4. The van der Waals surface area contributed by atoms with Crippen LogP contribution < -0.4 is 10.6 Å². The summed E-state index contributed by atoms with van der Waals surface area (Å²) in [5, 5.41) is 6.45. The Morgan fingerprint density at radius 2 is 1.57 bits per heavy atom. The Morgan fingerprint density at radius 3 is 2.00 bits per heavy atom. The van der Waals surface area contributed by atoms with Gasteiger partial charge in [0.25, 0.3) is 0 Å². The number of guanidine groups is 1. The third-order valence-corrected chi connectivity index (χ3v) is 3.34. The lowest BCUT2D eigenvalue weighted by Crippen LogP contribution is -2.45. The summed E-state index contributed by atoms with van der Waals surface area (Å²) in [5.74, 6) is 0.859. The largest absolute Gasteiger partial charge is 0.356 e. The minimum absolute atomic E-state index is 0.115. The number of nitrogens with one attached hydrogen (secondary N) is 2. The van der Waals surface area contributed by atoms with Crippen molar-refractivity contribution < 1.29 is 4.79 Å². The van der Waals surface area contributed by atoms with Gasteiger partial charge < -0.3 is 15.5 Å². The molecule has 0 aliphatic rings. The van der Waals surface area contributed by atoms with Gasteiger partial charge in [0.1, 0.15) is 0 Å². The Bertz CT molecular complexity index is 318. The van der Waals surface area contributed by atoms with E-state index in [-0.39, 0.29) is 5.91 Å². The van der Waals surface area contributed by atoms with Crippen LogP contribution in [0.15, 0.2) is 4.99 Å². The molecule has 0 heterocycles. The van der Waals surface area contributed by atoms with Crippen molar-refractivity contribution in [2.24, 2.45) is 4.99 Å². The van der Waals surface area contributed by atoms with Crippen LogP contribution in [-0.2, 0) is 4.79 Å². The predicted molar refractivity (Wildman–Crippen MR) is 89.7 cm³/mol. The van der Waals surface area contributed by atoms with Crippen molar-refractivity contribution >= 4 is 11.9 Å². The van der Waals surface area contributed by atoms with Crippen LogP contribution >= 0.6 is 0 Å². The summed E-state index contributed by atoms with van der Waals surface area (Å²) in [7, 11) is 5.27. The Balaban J connectivity index is 4.03. The van der Waals surface area contributed by atoms with Crippen LogP contribution in [0.4, 0.5) is 0 Å². The fraction of sp³-hybridized carbons (Fsp3) is 0.867. The van der Waals surface area contributed by atoms with Gasteiger partial charge in [0.15, 0.2) is 5.96 Å². The molecular weight excluding hydrogens is 266 g/mol. The van der Waals surface area contributed by atoms with Gasteiger partial charge in [0.05, 0.1) is 0 Å². The number of carbonyl (C=O) groups is 1. The van der Waals surface area contributed by atoms with Crippen molar-refractivity contribution in [3.8, 4) is 0 Å². The van der Waals surface area contributed by atoms with Gasteiger partial charge in [-0.05, 0) is 27.7 Å². The summed E-state index contributed by atoms with van der Waals surface area (Å²) in [5.41, 5.74) is 0. The van der Waals surface area contributed by atoms with Gasteiger partial charge in [-0.3, -0.25) is 14.7 Å². The van der Waals surface area contributed by atoms with Gasteiger partial charge in [0.2, 0.25) is 5.91 Å². The molecule has 1 amide bonds. The lowest BCUT2D eigenvalue weighted by molar-refractivity contribution is -0.128. The Labute approximate surface area is 130 Å². The minimum atomic E-state index is 0.115. The highest BCUT2D eigenvalue weighted by Gasteiger charge is 2.12. The molecule has 2 N–H and O–H groups in total. The van der Waals surface area contributed by atoms with Crippen molar-refractivity contribution in [3.05, 3.63) is 0 Å². The monoisotopic (exact) mass is 299 g/mol. The molecule has 0 atom stereocenters. The molecule has 0 rings (SSSR count). The van der Waals surface area contributed by atoms with Gasteiger partial charge >= 0.3 is 0 Å². The van der Waals surface area contributed by atoms with Gasteiger partial charge in [-0.1, -0.05) is 0 Å². The maximum absolute atomic E-state index is 11.5. The zero-order valence-electron chi connectivity index (χ0n) is 14.7. The quantitative estimate of drug-likeness (QED) is 0.513. The van der Waals surface area contributed by atoms with Gasteiger partial charge in [-0.25, -0.2) is 0 Å². The van der Waals surface area contributed by atoms with Gasteiger partial charge in [0, 0.05) is 59.3 Å². The third kappa shape index (κ3) is 8.55. The number of hydrogen-bond donors (Lipinski definition) is 2. The molecule has 6 nitrogen and oxygen atoms in total. The highest BCUT2D eigenvalue weighted by molar-refractivity contribution is 5.81. The second-order valence-corrected chi connectivity index (χ2v) is 5.89. The molecule has 0 spiro atoms. The molecule has 0 radical (unpaired) electrons. The normalized spacial score (nSPS) is 12.2. The standard InChI is InChI=1S/C15H33N5O/c1-12(2)20(13(3)4)11-10-18-15(16-5)17-9-8-14(21)19(6)7/h12-13H,8-11H2,1-7H3,(H2,16,17,18). The van der Waals surface area contributed by atoms with Crippen LogP contribution in [0.5, 0.6) is 0 Å². The first-order chi connectivity index (χ1) is 9.79. The second-order valence-electron chi connectivity index (χ2n) is 5.89. The van der Waals surface area contributed by atoms with E-state index in [4.69, 9.17) is 0 Å². The van der Waals surface area contributed by atoms with Crippen LogP contribution in [0.25, 0.3) is 0 Å². The van der Waals surface area contributed by atoms with Crippen LogP contribution in [0.3, 0.4) is 0 Å². The van der Waals surface area contributed by atoms with Crippen LogP contribution in [0.1, 0.15) is 34.1 Å². The lowest BCUT2D eigenvalue weighted by Gasteiger charge is -2.30. The fourth-order valence-corrected chi connectivity index (χ4v) is 2.15. The van der Waals surface area contributed by atoms with Crippen molar-refractivity contribution in [2.75, 3.05) is 40.8 Å². The minimum Gasteiger partial charge on any atom is -0.356 e. The molecule has 0 aliphatic carbocycles. The van der Waals surface area contributed by atoms with Crippen LogP contribution in [-0.4, -0.2) is 74.5 Å². The van der Waals surface area contributed by atoms with E-state index in [0.717, 1.165) is 19.0 Å². The molecule has 0 saturated carbocycles. The Morgan fingerprint density at radius 1 is 1.05 bits per heavy atom. The van der Waals surface area contributed by atoms with Crippen LogP contribution in [0, 0.1) is 0 Å². The topological polar surface area (TPSA) is 60.0 Å². The molecule has 0 aromatic carbocycles. The summed E-state index contributed by atoms with van der Waals surface area (Å²) in [6.45, 7) is 11.2. The number of aliphatic imine (C=N–C) groups is 1. The van der Waals surface area contributed by atoms with Gasteiger partial charge in [-0.15, -0.1) is 0 Å². The fourth-order valence-electron chi connectivity index (χ4n) is 2.15. The van der Waals surface area contributed by atoms with E-state index >= 15 is 0 Å². The van der Waals surface area contributed by atoms with Crippen molar-refractivity contribution in [1.82, 2.24) is 20.4 Å². The number of amides is 1. The molecule has 6 heteroatoms. The smallest absolute Gasteiger partial charge is 0.223 e. The first-order valence-corrected chi connectivity index (χ1v) is 7.70. The van der Waals surface area contributed by atoms with E-state index in [1.807, 2.05) is 0 Å². The lowest BCUT2D eigenvalue weighted by atomic mass is 10.2. The molecule has 0 saturated heterocycles. The molecule has 21 heavy (non-hydrogen) atoms. The van der Waals surface area contributed by atoms with E-state index in [0.29, 0.717) is 25.0 Å². The number of rotatable bonds is 8. The molecule has 0 bridgehead atoms. The van der Waals surface area contributed by atoms with E-state index < -0.39 is 0 Å². The molecule has 124 valence electrons. The molecular formula is C15H33N5O. The molecule has 0 aromatic rings. The summed E-state index contributed by atoms with van der Waals surface area (Å²) in [6, 6.07) is 1.05. The van der Waals surface area contributed by atoms with E-state index in [2.05, 4.69) is 48.2 Å². The Kier molecular flexibility index (Phi) is 9.78. The average molecular weight is 299 g/mol. The highest BCUT2D eigenvalue weighted by atomic mass is 16.2. The number of nitrogens with zero attached hydrogens (tertiary/aromatic N) is 3. The van der Waals surface area contributed by atoms with E-state index in [1.165, 1.54) is 0 Å². The van der Waals surface area contributed by atoms with Crippen molar-refractivity contribution in [2.45, 2.75) is 46.2 Å². The number of hydrogen-bond acceptors (Lipinski definition) is 3. The Hall–Kier alpha value is -1.30. The predicted octanol–water partition coefficient (Wildman–Crippen LogP) is 0.749. The van der Waals surface area contributed by atoms with Gasteiger partial charge in [-0.2, -0.15) is 0 Å². The van der Waals surface area contributed by atoms with E-state index in [9.17, 15) is 4.79 Å². The summed E-state index contributed by atoms with van der Waals surface area (Å²) in [6.07, 6.45) is 0.470. The maximum Gasteiger partial charge on any atom is 0.223 e. The maximum atomic E-state index is 11.5. The third-order valence-electron chi connectivity index (χ3n) is 3.34. The highest BCUT2D eigenvalue weighted by Crippen LogP contribution is 2.03. The zero-order chi connectivity index (χ0) is 16.4. The van der Waals surface area contributed by atoms with E-state index in [1.54, 1.807) is 26.0 Å². The average Bonchev–Trinajstić information content (AvgIpc) is 2.39. The molecule has 0 aromatic heterocycles. The summed E-state index contributed by atoms with van der Waals surface area (Å²) < 4.78 is 0. The van der Waals surface area contributed by atoms with Crippen molar-refractivity contribution in [3.63, 3.8) is 0 Å². The summed E-state index contributed by atoms with van der Waals surface area (Å²) >= 11 is 0. The zero-order valence-corrected chi connectivity index (χ0v) is 14.7.